The Kier molecular flexibility index (Phi) is 1.25. The Morgan fingerprint density at radius 3 is 3.00 bits per heavy atom. The molecule has 1 saturated carbocycles. The molecule has 3 fully saturated rings. The summed E-state index contributed by atoms with van der Waals surface area (Å²) in [4.78, 5) is 2.53. The lowest BCUT2D eigenvalue weighted by Gasteiger charge is -2.31. The first kappa shape index (κ1) is 7.34. The summed E-state index contributed by atoms with van der Waals surface area (Å²) in [5.41, 5.74) is 0.388. The smallest absolute Gasteiger partial charge is 0.0713 e. The highest BCUT2D eigenvalue weighted by molar-refractivity contribution is 5.14. The van der Waals surface area contributed by atoms with Crippen LogP contribution in [0.5, 0.6) is 0 Å². The fourth-order valence-corrected chi connectivity index (χ4v) is 3.97. The normalized spacial score (nSPS) is 58.0. The number of aliphatic hydroxyl groups is 1. The Morgan fingerprint density at radius 1 is 1.33 bits per heavy atom. The van der Waals surface area contributed by atoms with E-state index < -0.39 is 0 Å². The van der Waals surface area contributed by atoms with Crippen LogP contribution in [0, 0.1) is 11.8 Å². The Hall–Kier alpha value is -0.0800. The van der Waals surface area contributed by atoms with Crippen molar-refractivity contribution in [2.45, 2.75) is 37.8 Å². The van der Waals surface area contributed by atoms with Crippen molar-refractivity contribution in [3.8, 4) is 0 Å². The molecule has 12 heavy (non-hydrogen) atoms. The molecule has 3 rings (SSSR count). The van der Waals surface area contributed by atoms with E-state index in [1.54, 1.807) is 0 Å². The minimum atomic E-state index is -0.0275. The first-order valence-electron chi connectivity index (χ1n) is 5.16. The molecule has 2 saturated heterocycles. The third-order valence-electron chi connectivity index (χ3n) is 4.70. The highest BCUT2D eigenvalue weighted by atomic mass is 16.3. The zero-order valence-corrected chi connectivity index (χ0v) is 7.66. The zero-order chi connectivity index (χ0) is 8.34. The van der Waals surface area contributed by atoms with Gasteiger partial charge in [0.05, 0.1) is 6.10 Å². The summed E-state index contributed by atoms with van der Waals surface area (Å²) >= 11 is 0. The number of nitrogens with zero attached hydrogens (tertiary/aromatic N) is 1. The van der Waals surface area contributed by atoms with Crippen LogP contribution in [0.1, 0.15) is 26.2 Å². The molecule has 0 radical (unpaired) electrons. The van der Waals surface area contributed by atoms with Gasteiger partial charge in [0.1, 0.15) is 0 Å². The molecule has 0 aromatic rings. The Balaban J connectivity index is 2.03. The quantitative estimate of drug-likeness (QED) is 0.578. The summed E-state index contributed by atoms with van der Waals surface area (Å²) in [6.07, 6.45) is 3.97. The molecule has 2 heterocycles. The molecule has 0 spiro atoms. The summed E-state index contributed by atoms with van der Waals surface area (Å²) in [6, 6.07) is 0. The van der Waals surface area contributed by atoms with Crippen LogP contribution in [0.3, 0.4) is 0 Å². The molecule has 1 N–H and O–H groups in total. The molecule has 0 aromatic heterocycles. The summed E-state index contributed by atoms with van der Waals surface area (Å²) in [5.74, 6) is 1.48. The Bertz CT molecular complexity index is 218. The molecule has 2 aliphatic heterocycles. The van der Waals surface area contributed by atoms with Gasteiger partial charge in [0, 0.05) is 18.0 Å². The van der Waals surface area contributed by atoms with Crippen molar-refractivity contribution in [2.75, 3.05) is 13.1 Å². The van der Waals surface area contributed by atoms with E-state index in [-0.39, 0.29) is 6.10 Å². The van der Waals surface area contributed by atoms with Crippen molar-refractivity contribution >= 4 is 0 Å². The van der Waals surface area contributed by atoms with Gasteiger partial charge in [-0.1, -0.05) is 0 Å². The van der Waals surface area contributed by atoms with Crippen molar-refractivity contribution in [1.29, 1.82) is 0 Å². The van der Waals surface area contributed by atoms with E-state index in [1.807, 2.05) is 0 Å². The first-order valence-corrected chi connectivity index (χ1v) is 5.16. The van der Waals surface area contributed by atoms with Gasteiger partial charge in [0.25, 0.3) is 0 Å². The summed E-state index contributed by atoms with van der Waals surface area (Å²) in [7, 11) is 0. The molecule has 2 heteroatoms. The second kappa shape index (κ2) is 2.05. The summed E-state index contributed by atoms with van der Waals surface area (Å²) < 4.78 is 0. The topological polar surface area (TPSA) is 23.5 Å². The second-order valence-electron chi connectivity index (χ2n) is 4.91. The van der Waals surface area contributed by atoms with E-state index in [0.717, 1.165) is 12.5 Å². The van der Waals surface area contributed by atoms with E-state index in [2.05, 4.69) is 11.8 Å². The third-order valence-corrected chi connectivity index (χ3v) is 4.70. The molecule has 0 aromatic carbocycles. The maximum Gasteiger partial charge on any atom is 0.0713 e. The fraction of sp³-hybridized carbons (Fsp3) is 1.00. The maximum absolute atomic E-state index is 9.84. The fourth-order valence-electron chi connectivity index (χ4n) is 3.97. The largest absolute Gasteiger partial charge is 0.391 e. The van der Waals surface area contributed by atoms with Gasteiger partial charge in [-0.3, -0.25) is 4.90 Å². The van der Waals surface area contributed by atoms with Gasteiger partial charge in [0.15, 0.2) is 0 Å². The standard InChI is InChI=1S/C10H17NO/c1-10-7-2-3-8(10)9(12)6-11(10)5-4-7/h7-9,12H,2-6H2,1H3/t7-,8+,9+,10+/m0/s1. The van der Waals surface area contributed by atoms with E-state index in [9.17, 15) is 5.11 Å². The van der Waals surface area contributed by atoms with Gasteiger partial charge in [-0.25, -0.2) is 0 Å². The van der Waals surface area contributed by atoms with E-state index in [0.29, 0.717) is 11.5 Å². The second-order valence-corrected chi connectivity index (χ2v) is 4.91. The van der Waals surface area contributed by atoms with Crippen LogP contribution in [-0.2, 0) is 0 Å². The molecular formula is C10H17NO. The SMILES string of the molecule is C[C@@]12[C@H]3CC[C@@H]1[C@H](O)CN2CC3. The molecule has 68 valence electrons. The minimum absolute atomic E-state index is 0.0275. The minimum Gasteiger partial charge on any atom is -0.391 e. The van der Waals surface area contributed by atoms with Gasteiger partial charge >= 0.3 is 0 Å². The van der Waals surface area contributed by atoms with Crippen molar-refractivity contribution < 1.29 is 5.11 Å². The zero-order valence-electron chi connectivity index (χ0n) is 7.66. The van der Waals surface area contributed by atoms with Crippen molar-refractivity contribution in [3.05, 3.63) is 0 Å². The predicted octanol–water partition coefficient (Wildman–Crippen LogP) is 0.851. The lowest BCUT2D eigenvalue weighted by atomic mass is 9.84. The van der Waals surface area contributed by atoms with Crippen LogP contribution in [0.15, 0.2) is 0 Å². The van der Waals surface area contributed by atoms with Crippen molar-refractivity contribution in [2.24, 2.45) is 11.8 Å². The van der Waals surface area contributed by atoms with Crippen LogP contribution in [0.2, 0.25) is 0 Å². The van der Waals surface area contributed by atoms with E-state index in [4.69, 9.17) is 0 Å². The van der Waals surface area contributed by atoms with Gasteiger partial charge in [-0.15, -0.1) is 0 Å². The molecule has 0 unspecified atom stereocenters. The van der Waals surface area contributed by atoms with Gasteiger partial charge < -0.3 is 5.11 Å². The highest BCUT2D eigenvalue weighted by Gasteiger charge is 2.60. The number of rotatable bonds is 0. The molecule has 0 amide bonds. The average molecular weight is 167 g/mol. The van der Waals surface area contributed by atoms with Gasteiger partial charge in [0.2, 0.25) is 0 Å². The molecular weight excluding hydrogens is 150 g/mol. The van der Waals surface area contributed by atoms with E-state index in [1.165, 1.54) is 25.8 Å². The van der Waals surface area contributed by atoms with Crippen LogP contribution < -0.4 is 0 Å². The molecule has 2 nitrogen and oxygen atoms in total. The lowest BCUT2D eigenvalue weighted by molar-refractivity contribution is 0.124. The Morgan fingerprint density at radius 2 is 2.17 bits per heavy atom. The van der Waals surface area contributed by atoms with Crippen molar-refractivity contribution in [3.63, 3.8) is 0 Å². The van der Waals surface area contributed by atoms with Crippen LogP contribution >= 0.6 is 0 Å². The number of hydrogen-bond acceptors (Lipinski definition) is 2. The number of β-amino-alcohol motifs (C(OH)–C–C–N with tert-alkyl or cyclic N) is 1. The first-order chi connectivity index (χ1) is 5.73. The number of hydrogen-bond donors (Lipinski definition) is 1. The third kappa shape index (κ3) is 0.612. The molecule has 4 atom stereocenters. The van der Waals surface area contributed by atoms with E-state index >= 15 is 0 Å². The number of aliphatic hydroxyl groups excluding tert-OH is 1. The highest BCUT2D eigenvalue weighted by Crippen LogP contribution is 2.55. The van der Waals surface area contributed by atoms with Gasteiger partial charge in [-0.2, -0.15) is 0 Å². The lowest BCUT2D eigenvalue weighted by Crippen LogP contribution is -2.41. The molecule has 0 bridgehead atoms. The van der Waals surface area contributed by atoms with Crippen molar-refractivity contribution in [1.82, 2.24) is 4.90 Å². The predicted molar refractivity (Wildman–Crippen MR) is 46.8 cm³/mol. The Labute approximate surface area is 73.6 Å². The maximum atomic E-state index is 9.84. The van der Waals surface area contributed by atoms with Crippen LogP contribution in [0.25, 0.3) is 0 Å². The summed E-state index contributed by atoms with van der Waals surface area (Å²) in [5, 5.41) is 9.84. The monoisotopic (exact) mass is 167 g/mol. The van der Waals surface area contributed by atoms with Gasteiger partial charge in [-0.05, 0) is 38.6 Å². The molecule has 3 aliphatic rings. The van der Waals surface area contributed by atoms with Crippen LogP contribution in [-0.4, -0.2) is 34.7 Å². The molecule has 1 aliphatic carbocycles. The average Bonchev–Trinajstić information content (AvgIpc) is 2.56. The van der Waals surface area contributed by atoms with Crippen LogP contribution in [0.4, 0.5) is 0 Å². The summed E-state index contributed by atoms with van der Waals surface area (Å²) in [6.45, 7) is 4.55.